The van der Waals surface area contributed by atoms with Crippen molar-refractivity contribution in [2.75, 3.05) is 11.9 Å². The van der Waals surface area contributed by atoms with Gasteiger partial charge in [-0.3, -0.25) is 9.69 Å². The second kappa shape index (κ2) is 5.86. The molecule has 0 aliphatic rings. The Morgan fingerprint density at radius 2 is 2.18 bits per heavy atom. The summed E-state index contributed by atoms with van der Waals surface area (Å²) in [5.74, 6) is -0.249. The topological polar surface area (TPSA) is 63.9 Å². The molecule has 0 saturated carbocycles. The maximum absolute atomic E-state index is 12.5. The smallest absolute Gasteiger partial charge is 0.282 e. The highest BCUT2D eigenvalue weighted by molar-refractivity contribution is 7.13. The monoisotopic (exact) mass is 333 g/mol. The average Bonchev–Trinajstić information content (AvgIpc) is 3.15. The highest BCUT2D eigenvalue weighted by atomic mass is 35.5. The van der Waals surface area contributed by atoms with Crippen molar-refractivity contribution in [3.8, 4) is 5.69 Å². The number of hydrogen-bond acceptors (Lipinski definition) is 5. The molecule has 0 N–H and O–H groups in total. The molecule has 112 valence electrons. The first-order valence-electron chi connectivity index (χ1n) is 6.43. The van der Waals surface area contributed by atoms with Crippen LogP contribution in [0.5, 0.6) is 0 Å². The van der Waals surface area contributed by atoms with Crippen molar-refractivity contribution in [2.45, 2.75) is 6.92 Å². The van der Waals surface area contributed by atoms with E-state index < -0.39 is 0 Å². The van der Waals surface area contributed by atoms with E-state index in [-0.39, 0.29) is 11.6 Å². The number of carbonyl (C=O) groups excluding carboxylic acids is 1. The maximum atomic E-state index is 12.5. The van der Waals surface area contributed by atoms with E-state index in [1.54, 1.807) is 38.4 Å². The van der Waals surface area contributed by atoms with E-state index in [9.17, 15) is 4.79 Å². The molecule has 0 radical (unpaired) electrons. The van der Waals surface area contributed by atoms with Gasteiger partial charge in [-0.25, -0.2) is 4.98 Å². The van der Waals surface area contributed by atoms with Crippen LogP contribution in [0.15, 0.2) is 35.8 Å². The van der Waals surface area contributed by atoms with Crippen LogP contribution in [0.4, 0.5) is 5.13 Å². The summed E-state index contributed by atoms with van der Waals surface area (Å²) in [6.07, 6.45) is 1.65. The Balaban J connectivity index is 1.94. The Morgan fingerprint density at radius 1 is 1.36 bits per heavy atom. The first kappa shape index (κ1) is 14.7. The molecule has 0 saturated heterocycles. The van der Waals surface area contributed by atoms with Gasteiger partial charge in [0.2, 0.25) is 0 Å². The Morgan fingerprint density at radius 3 is 2.86 bits per heavy atom. The van der Waals surface area contributed by atoms with Crippen molar-refractivity contribution in [3.05, 3.63) is 52.3 Å². The normalized spacial score (nSPS) is 10.7. The molecule has 6 nitrogen and oxygen atoms in total. The molecule has 8 heteroatoms. The molecule has 0 aliphatic carbocycles. The van der Waals surface area contributed by atoms with Crippen molar-refractivity contribution in [1.82, 2.24) is 20.0 Å². The zero-order valence-electron chi connectivity index (χ0n) is 11.9. The van der Waals surface area contributed by atoms with Crippen LogP contribution in [0, 0.1) is 6.92 Å². The molecule has 3 aromatic rings. The lowest BCUT2D eigenvalue weighted by atomic mass is 10.3. The van der Waals surface area contributed by atoms with Crippen molar-refractivity contribution in [2.24, 2.45) is 0 Å². The van der Waals surface area contributed by atoms with Gasteiger partial charge in [0.25, 0.3) is 5.91 Å². The fourth-order valence-corrected chi connectivity index (χ4v) is 2.71. The van der Waals surface area contributed by atoms with Gasteiger partial charge in [-0.15, -0.1) is 16.4 Å². The Kier molecular flexibility index (Phi) is 3.91. The summed E-state index contributed by atoms with van der Waals surface area (Å²) in [5, 5.41) is 11.6. The minimum Gasteiger partial charge on any atom is -0.286 e. The number of nitrogens with zero attached hydrogens (tertiary/aromatic N) is 5. The number of hydrogen-bond donors (Lipinski definition) is 0. The van der Waals surface area contributed by atoms with Crippen LogP contribution in [0.1, 0.15) is 16.2 Å². The third kappa shape index (κ3) is 2.72. The lowest BCUT2D eigenvalue weighted by Crippen LogP contribution is -2.27. The molecular formula is C14H12ClN5OS. The number of aromatic nitrogens is 4. The number of anilines is 1. The summed E-state index contributed by atoms with van der Waals surface area (Å²) in [5.41, 5.74) is 1.54. The molecule has 0 aliphatic heterocycles. The van der Waals surface area contributed by atoms with Crippen LogP contribution in [0.2, 0.25) is 5.02 Å². The summed E-state index contributed by atoms with van der Waals surface area (Å²) in [6.45, 7) is 1.75. The van der Waals surface area contributed by atoms with Gasteiger partial charge in [-0.05, 0) is 25.1 Å². The Hall–Kier alpha value is -2.25. The van der Waals surface area contributed by atoms with Gasteiger partial charge >= 0.3 is 0 Å². The fraction of sp³-hybridized carbons (Fsp3) is 0.143. The number of rotatable bonds is 3. The van der Waals surface area contributed by atoms with Crippen molar-refractivity contribution >= 4 is 34.0 Å². The predicted octanol–water partition coefficient (Wildman–Crippen LogP) is 2.96. The van der Waals surface area contributed by atoms with Gasteiger partial charge in [0.15, 0.2) is 10.8 Å². The van der Waals surface area contributed by atoms with Crippen LogP contribution in [0.3, 0.4) is 0 Å². The number of thiazole rings is 1. The van der Waals surface area contributed by atoms with Gasteiger partial charge in [0, 0.05) is 23.6 Å². The van der Waals surface area contributed by atoms with E-state index in [0.29, 0.717) is 21.5 Å². The summed E-state index contributed by atoms with van der Waals surface area (Å²) >= 11 is 7.36. The quantitative estimate of drug-likeness (QED) is 0.739. The zero-order valence-corrected chi connectivity index (χ0v) is 13.5. The molecule has 1 aromatic carbocycles. The first-order chi connectivity index (χ1) is 10.6. The maximum Gasteiger partial charge on any atom is 0.282 e. The molecule has 22 heavy (non-hydrogen) atoms. The minimum atomic E-state index is -0.249. The summed E-state index contributed by atoms with van der Waals surface area (Å²) in [7, 11) is 1.67. The number of aryl methyl sites for hydroxylation is 1. The molecule has 0 bridgehead atoms. The number of carbonyl (C=O) groups is 1. The van der Waals surface area contributed by atoms with Gasteiger partial charge in [0.05, 0.1) is 11.4 Å². The Bertz CT molecular complexity index is 815. The van der Waals surface area contributed by atoms with Crippen LogP contribution in [-0.4, -0.2) is 32.9 Å². The molecule has 0 atom stereocenters. The summed E-state index contributed by atoms with van der Waals surface area (Å²) in [4.78, 5) is 19.5. The van der Waals surface area contributed by atoms with Gasteiger partial charge in [-0.1, -0.05) is 17.7 Å². The van der Waals surface area contributed by atoms with Gasteiger partial charge in [-0.2, -0.15) is 9.90 Å². The highest BCUT2D eigenvalue weighted by Crippen LogP contribution is 2.19. The lowest BCUT2D eigenvalue weighted by molar-refractivity contribution is 0.0987. The summed E-state index contributed by atoms with van der Waals surface area (Å²) < 4.78 is 0. The third-order valence-electron chi connectivity index (χ3n) is 3.03. The molecular weight excluding hydrogens is 322 g/mol. The number of benzene rings is 1. The second-order valence-electron chi connectivity index (χ2n) is 4.58. The SMILES string of the molecule is Cc1nn(-c2cccc(Cl)c2)nc1C(=O)N(C)c1nccs1. The molecule has 1 amide bonds. The number of amides is 1. The summed E-state index contributed by atoms with van der Waals surface area (Å²) in [6, 6.07) is 7.13. The van der Waals surface area contributed by atoms with Crippen LogP contribution in [0.25, 0.3) is 5.69 Å². The largest absolute Gasteiger partial charge is 0.286 e. The standard InChI is InChI=1S/C14H12ClN5OS/c1-9-12(13(21)19(2)14-16-6-7-22-14)18-20(17-9)11-5-3-4-10(15)8-11/h3-8H,1-2H3. The molecule has 3 rings (SSSR count). The zero-order chi connectivity index (χ0) is 15.7. The third-order valence-corrected chi connectivity index (χ3v) is 4.12. The van der Waals surface area contributed by atoms with E-state index in [2.05, 4.69) is 15.2 Å². The van der Waals surface area contributed by atoms with Crippen LogP contribution >= 0.6 is 22.9 Å². The fourth-order valence-electron chi connectivity index (χ4n) is 1.92. The molecule has 0 spiro atoms. The van der Waals surface area contributed by atoms with Gasteiger partial charge in [0.1, 0.15) is 0 Å². The van der Waals surface area contributed by atoms with Crippen molar-refractivity contribution < 1.29 is 4.79 Å². The predicted molar refractivity (Wildman–Crippen MR) is 86.0 cm³/mol. The molecule has 0 unspecified atom stereocenters. The van der Waals surface area contributed by atoms with Crippen molar-refractivity contribution in [3.63, 3.8) is 0 Å². The van der Waals surface area contributed by atoms with E-state index >= 15 is 0 Å². The lowest BCUT2D eigenvalue weighted by Gasteiger charge is -2.11. The molecule has 0 fully saturated rings. The molecule has 2 aromatic heterocycles. The van der Waals surface area contributed by atoms with E-state index in [4.69, 9.17) is 11.6 Å². The Labute approximate surface area is 136 Å². The van der Waals surface area contributed by atoms with E-state index in [1.807, 2.05) is 11.4 Å². The van der Waals surface area contributed by atoms with Crippen molar-refractivity contribution in [1.29, 1.82) is 0 Å². The van der Waals surface area contributed by atoms with Crippen LogP contribution < -0.4 is 4.90 Å². The van der Waals surface area contributed by atoms with Gasteiger partial charge < -0.3 is 0 Å². The number of halogens is 1. The first-order valence-corrected chi connectivity index (χ1v) is 7.69. The minimum absolute atomic E-state index is 0.249. The highest BCUT2D eigenvalue weighted by Gasteiger charge is 2.22. The van der Waals surface area contributed by atoms with Crippen LogP contribution in [-0.2, 0) is 0 Å². The molecule has 2 heterocycles. The van der Waals surface area contributed by atoms with E-state index in [0.717, 1.165) is 0 Å². The van der Waals surface area contributed by atoms with E-state index in [1.165, 1.54) is 21.0 Å². The average molecular weight is 334 g/mol. The second-order valence-corrected chi connectivity index (χ2v) is 5.89.